The molecule has 0 fully saturated rings. The van der Waals surface area contributed by atoms with E-state index in [2.05, 4.69) is 34.7 Å². The number of urea groups is 1. The summed E-state index contributed by atoms with van der Waals surface area (Å²) in [5.41, 5.74) is 3.89. The summed E-state index contributed by atoms with van der Waals surface area (Å²) in [6.45, 7) is 4.07. The molecule has 3 rings (SSSR count). The SMILES string of the molecule is COc1cccc(NC(=O)Nc2nc3c(C)cc(C)cc3s2)c1. The van der Waals surface area contributed by atoms with E-state index in [1.54, 1.807) is 19.2 Å². The van der Waals surface area contributed by atoms with Crippen LogP contribution >= 0.6 is 11.3 Å². The summed E-state index contributed by atoms with van der Waals surface area (Å²) in [6.07, 6.45) is 0. The molecule has 0 unspecified atom stereocenters. The third-order valence-corrected chi connectivity index (χ3v) is 4.30. The van der Waals surface area contributed by atoms with Gasteiger partial charge in [-0.25, -0.2) is 9.78 Å². The van der Waals surface area contributed by atoms with E-state index in [-0.39, 0.29) is 6.03 Å². The van der Waals surface area contributed by atoms with Crippen LogP contribution in [0.25, 0.3) is 10.2 Å². The first-order chi connectivity index (χ1) is 11.0. The molecule has 0 aliphatic carbocycles. The zero-order chi connectivity index (χ0) is 16.4. The van der Waals surface area contributed by atoms with Crippen LogP contribution in [0.1, 0.15) is 11.1 Å². The Morgan fingerprint density at radius 1 is 1.17 bits per heavy atom. The first-order valence-corrected chi connectivity index (χ1v) is 7.96. The number of ether oxygens (including phenoxy) is 1. The maximum Gasteiger partial charge on any atom is 0.325 e. The molecule has 1 heterocycles. The summed E-state index contributed by atoms with van der Waals surface area (Å²) in [7, 11) is 1.59. The number of carbonyl (C=O) groups is 1. The van der Waals surface area contributed by atoms with E-state index in [4.69, 9.17) is 4.74 Å². The first kappa shape index (κ1) is 15.3. The molecular weight excluding hydrogens is 310 g/mol. The van der Waals surface area contributed by atoms with Gasteiger partial charge >= 0.3 is 6.03 Å². The van der Waals surface area contributed by atoms with Gasteiger partial charge in [0.25, 0.3) is 0 Å². The van der Waals surface area contributed by atoms with Crippen molar-refractivity contribution in [3.05, 3.63) is 47.5 Å². The molecule has 0 saturated heterocycles. The third-order valence-electron chi connectivity index (χ3n) is 3.38. The second kappa shape index (κ2) is 6.26. The van der Waals surface area contributed by atoms with Gasteiger partial charge < -0.3 is 10.1 Å². The average Bonchev–Trinajstić information content (AvgIpc) is 2.89. The number of nitrogens with one attached hydrogen (secondary N) is 2. The van der Waals surface area contributed by atoms with Gasteiger partial charge in [0.2, 0.25) is 0 Å². The molecule has 6 heteroatoms. The maximum absolute atomic E-state index is 12.1. The minimum Gasteiger partial charge on any atom is -0.497 e. The predicted molar refractivity (Wildman–Crippen MR) is 94.7 cm³/mol. The molecule has 5 nitrogen and oxygen atoms in total. The Morgan fingerprint density at radius 2 is 2.00 bits per heavy atom. The summed E-state index contributed by atoms with van der Waals surface area (Å²) < 4.78 is 6.21. The topological polar surface area (TPSA) is 63.2 Å². The number of rotatable bonds is 3. The Bertz CT molecular complexity index is 873. The summed E-state index contributed by atoms with van der Waals surface area (Å²) >= 11 is 1.46. The van der Waals surface area contributed by atoms with Crippen LogP contribution in [0.2, 0.25) is 0 Å². The number of aromatic nitrogens is 1. The van der Waals surface area contributed by atoms with Crippen molar-refractivity contribution in [2.75, 3.05) is 17.7 Å². The lowest BCUT2D eigenvalue weighted by atomic mass is 10.1. The molecule has 0 aliphatic rings. The van der Waals surface area contributed by atoms with Gasteiger partial charge in [-0.2, -0.15) is 0 Å². The largest absolute Gasteiger partial charge is 0.497 e. The van der Waals surface area contributed by atoms with Gasteiger partial charge in [0.05, 0.1) is 17.3 Å². The first-order valence-electron chi connectivity index (χ1n) is 7.15. The lowest BCUT2D eigenvalue weighted by molar-refractivity contribution is 0.262. The van der Waals surface area contributed by atoms with E-state index in [1.807, 2.05) is 19.1 Å². The number of benzene rings is 2. The highest BCUT2D eigenvalue weighted by Crippen LogP contribution is 2.29. The van der Waals surface area contributed by atoms with Gasteiger partial charge in [-0.3, -0.25) is 5.32 Å². The lowest BCUT2D eigenvalue weighted by Gasteiger charge is -2.06. The van der Waals surface area contributed by atoms with Gasteiger partial charge in [0.1, 0.15) is 5.75 Å². The maximum atomic E-state index is 12.1. The number of anilines is 2. The standard InChI is InChI=1S/C17H17N3O2S/c1-10-7-11(2)15-14(8-10)23-17(19-15)20-16(21)18-12-5-4-6-13(9-12)22-3/h4-9H,1-3H3,(H2,18,19,20,21). The summed E-state index contributed by atoms with van der Waals surface area (Å²) in [5.74, 6) is 0.689. The van der Waals surface area contributed by atoms with Crippen molar-refractivity contribution < 1.29 is 9.53 Å². The molecule has 0 saturated carbocycles. The Kier molecular flexibility index (Phi) is 4.16. The Labute approximate surface area is 138 Å². The molecular formula is C17H17N3O2S. The van der Waals surface area contributed by atoms with Crippen LogP contribution in [0, 0.1) is 13.8 Å². The number of hydrogen-bond acceptors (Lipinski definition) is 4. The molecule has 0 radical (unpaired) electrons. The molecule has 0 bridgehead atoms. The molecule has 2 aromatic carbocycles. The fraction of sp³-hybridized carbons (Fsp3) is 0.176. The highest BCUT2D eigenvalue weighted by atomic mass is 32.1. The van der Waals surface area contributed by atoms with Crippen molar-refractivity contribution in [2.24, 2.45) is 0 Å². The number of aryl methyl sites for hydroxylation is 2. The van der Waals surface area contributed by atoms with Gasteiger partial charge in [0.15, 0.2) is 5.13 Å². The second-order valence-electron chi connectivity index (χ2n) is 5.26. The van der Waals surface area contributed by atoms with Crippen LogP contribution in [0.15, 0.2) is 36.4 Å². The Balaban J connectivity index is 1.76. The van der Waals surface area contributed by atoms with Gasteiger partial charge in [-0.05, 0) is 43.2 Å². The molecule has 0 spiro atoms. The van der Waals surface area contributed by atoms with Crippen molar-refractivity contribution in [3.63, 3.8) is 0 Å². The normalized spacial score (nSPS) is 10.6. The quantitative estimate of drug-likeness (QED) is 0.741. The molecule has 23 heavy (non-hydrogen) atoms. The van der Waals surface area contributed by atoms with Crippen LogP contribution in [0.3, 0.4) is 0 Å². The van der Waals surface area contributed by atoms with Crippen LogP contribution < -0.4 is 15.4 Å². The fourth-order valence-corrected chi connectivity index (χ4v) is 3.42. The van der Waals surface area contributed by atoms with Crippen molar-refractivity contribution in [1.82, 2.24) is 4.98 Å². The van der Waals surface area contributed by atoms with Gasteiger partial charge in [-0.1, -0.05) is 23.5 Å². The smallest absolute Gasteiger partial charge is 0.325 e. The van der Waals surface area contributed by atoms with Gasteiger partial charge in [-0.15, -0.1) is 0 Å². The minimum atomic E-state index is -0.327. The van der Waals surface area contributed by atoms with E-state index in [0.717, 1.165) is 15.8 Å². The van der Waals surface area contributed by atoms with Crippen molar-refractivity contribution in [3.8, 4) is 5.75 Å². The molecule has 2 N–H and O–H groups in total. The molecule has 0 atom stereocenters. The Morgan fingerprint density at radius 3 is 2.78 bits per heavy atom. The van der Waals surface area contributed by atoms with Crippen LogP contribution in [-0.2, 0) is 0 Å². The molecule has 3 aromatic rings. The van der Waals surface area contributed by atoms with E-state index in [1.165, 1.54) is 16.9 Å². The summed E-state index contributed by atoms with van der Waals surface area (Å²) in [6, 6.07) is 11.0. The van der Waals surface area contributed by atoms with Crippen LogP contribution in [0.5, 0.6) is 5.75 Å². The van der Waals surface area contributed by atoms with Crippen LogP contribution in [0.4, 0.5) is 15.6 Å². The number of fused-ring (bicyclic) bond motifs is 1. The predicted octanol–water partition coefficient (Wildman–Crippen LogP) is 4.57. The number of hydrogen-bond donors (Lipinski definition) is 2. The Hall–Kier alpha value is -2.60. The average molecular weight is 327 g/mol. The van der Waals surface area contributed by atoms with E-state index >= 15 is 0 Å². The second-order valence-corrected chi connectivity index (χ2v) is 6.29. The zero-order valence-corrected chi connectivity index (χ0v) is 14.0. The minimum absolute atomic E-state index is 0.327. The fourth-order valence-electron chi connectivity index (χ4n) is 2.38. The van der Waals surface area contributed by atoms with Crippen molar-refractivity contribution in [1.29, 1.82) is 0 Å². The van der Waals surface area contributed by atoms with E-state index < -0.39 is 0 Å². The molecule has 2 amide bonds. The van der Waals surface area contributed by atoms with Gasteiger partial charge in [0, 0.05) is 11.8 Å². The van der Waals surface area contributed by atoms with Crippen molar-refractivity contribution >= 4 is 38.4 Å². The molecule has 0 aliphatic heterocycles. The zero-order valence-electron chi connectivity index (χ0n) is 13.1. The lowest BCUT2D eigenvalue weighted by Crippen LogP contribution is -2.19. The van der Waals surface area contributed by atoms with E-state index in [9.17, 15) is 4.79 Å². The number of nitrogens with zero attached hydrogens (tertiary/aromatic N) is 1. The van der Waals surface area contributed by atoms with Crippen molar-refractivity contribution in [2.45, 2.75) is 13.8 Å². The number of thiazole rings is 1. The van der Waals surface area contributed by atoms with Crippen LogP contribution in [-0.4, -0.2) is 18.1 Å². The molecule has 118 valence electrons. The van der Waals surface area contributed by atoms with E-state index in [0.29, 0.717) is 16.6 Å². The summed E-state index contributed by atoms with van der Waals surface area (Å²) in [4.78, 5) is 16.6. The monoisotopic (exact) mass is 327 g/mol. The highest BCUT2D eigenvalue weighted by molar-refractivity contribution is 7.22. The highest BCUT2D eigenvalue weighted by Gasteiger charge is 2.10. The number of amides is 2. The number of methoxy groups -OCH3 is 1. The summed E-state index contributed by atoms with van der Waals surface area (Å²) in [5, 5.41) is 6.13. The third kappa shape index (κ3) is 3.43. The molecule has 1 aromatic heterocycles. The number of carbonyl (C=O) groups excluding carboxylic acids is 1.